The van der Waals surface area contributed by atoms with Crippen LogP contribution in [0.15, 0.2) is 53.1 Å². The van der Waals surface area contributed by atoms with Gasteiger partial charge in [-0.15, -0.1) is 0 Å². The minimum Gasteiger partial charge on any atom is -0.479 e. The number of oxazole rings is 1. The summed E-state index contributed by atoms with van der Waals surface area (Å²) in [5.41, 5.74) is -1.49. The van der Waals surface area contributed by atoms with Crippen LogP contribution in [0.3, 0.4) is 0 Å². The minimum atomic E-state index is -2.29. The number of nitrogens with one attached hydrogen (secondary N) is 1. The van der Waals surface area contributed by atoms with Crippen LogP contribution in [0.5, 0.6) is 0 Å². The minimum absolute atomic E-state index is 0.0329. The van der Waals surface area contributed by atoms with Crippen molar-refractivity contribution in [2.75, 3.05) is 0 Å². The lowest BCUT2D eigenvalue weighted by Crippen LogP contribution is -2.44. The lowest BCUT2D eigenvalue weighted by atomic mass is 9.86. The number of nitrogens with zero attached hydrogens (tertiary/aromatic N) is 1. The van der Waals surface area contributed by atoms with Gasteiger partial charge in [-0.05, 0) is 31.0 Å². The van der Waals surface area contributed by atoms with Crippen LogP contribution in [0.1, 0.15) is 35.4 Å². The van der Waals surface area contributed by atoms with E-state index in [1.165, 1.54) is 36.5 Å². The highest BCUT2D eigenvalue weighted by Crippen LogP contribution is 2.32. The molecule has 2 unspecified atom stereocenters. The van der Waals surface area contributed by atoms with E-state index in [9.17, 15) is 24.2 Å². The van der Waals surface area contributed by atoms with Crippen molar-refractivity contribution in [2.24, 2.45) is 0 Å². The van der Waals surface area contributed by atoms with Crippen LogP contribution in [-0.2, 0) is 10.4 Å². The van der Waals surface area contributed by atoms with E-state index < -0.39 is 29.3 Å². The summed E-state index contributed by atoms with van der Waals surface area (Å²) in [5, 5.41) is 23.1. The molecule has 7 nitrogen and oxygen atoms in total. The van der Waals surface area contributed by atoms with E-state index in [0.717, 1.165) is 0 Å². The van der Waals surface area contributed by atoms with E-state index in [1.807, 2.05) is 0 Å². The number of aliphatic hydroxyl groups is 1. The fourth-order valence-electron chi connectivity index (χ4n) is 3.22. The van der Waals surface area contributed by atoms with Crippen LogP contribution in [0, 0.1) is 12.7 Å². The molecule has 3 N–H and O–H groups in total. The Bertz CT molecular complexity index is 1120. The summed E-state index contributed by atoms with van der Waals surface area (Å²) in [6, 6.07) is 9.63. The van der Waals surface area contributed by atoms with Crippen molar-refractivity contribution in [1.29, 1.82) is 0 Å². The van der Waals surface area contributed by atoms with Gasteiger partial charge in [0.2, 0.25) is 0 Å². The molecule has 0 saturated carbocycles. The van der Waals surface area contributed by atoms with Crippen molar-refractivity contribution in [3.05, 3.63) is 76.7 Å². The molecule has 2 aromatic carbocycles. The first-order chi connectivity index (χ1) is 14.6. The number of carboxylic acid groups (broad SMARTS) is 1. The summed E-state index contributed by atoms with van der Waals surface area (Å²) < 4.78 is 19.4. The first-order valence-electron chi connectivity index (χ1n) is 9.36. The van der Waals surface area contributed by atoms with E-state index >= 15 is 0 Å². The summed E-state index contributed by atoms with van der Waals surface area (Å²) in [6.45, 7) is 3.19. The lowest BCUT2D eigenvalue weighted by Gasteiger charge is -2.27. The van der Waals surface area contributed by atoms with Crippen LogP contribution >= 0.6 is 11.6 Å². The Morgan fingerprint density at radius 1 is 1.26 bits per heavy atom. The van der Waals surface area contributed by atoms with E-state index in [1.54, 1.807) is 26.0 Å². The molecule has 0 saturated heterocycles. The molecule has 3 aromatic rings. The average molecular weight is 447 g/mol. The standard InChI is InChI=1S/C22H20ClFN2O5/c1-12(26-19(27)20-25-11-13(2)31-20)10-22(30,21(28)29)15-8-6-14(7-9-15)16-4-3-5-17(23)18(16)24/h3-9,11-12,30H,10H2,1-2H3,(H,26,27)(H,28,29). The Hall–Kier alpha value is -3.23. The van der Waals surface area contributed by atoms with Gasteiger partial charge in [-0.1, -0.05) is 48.0 Å². The third-order valence-electron chi connectivity index (χ3n) is 4.77. The maximum atomic E-state index is 14.3. The molecule has 0 aliphatic carbocycles. The topological polar surface area (TPSA) is 113 Å². The quantitative estimate of drug-likeness (QED) is 0.507. The molecular formula is C22H20ClFN2O5. The number of hydrogen-bond donors (Lipinski definition) is 3. The van der Waals surface area contributed by atoms with Gasteiger partial charge in [-0.2, -0.15) is 0 Å². The summed E-state index contributed by atoms with van der Waals surface area (Å²) in [5.74, 6) is -2.40. The number of aliphatic carboxylic acids is 1. The smallest absolute Gasteiger partial charge is 0.340 e. The summed E-state index contributed by atoms with van der Waals surface area (Å²) in [6.07, 6.45) is 1.07. The van der Waals surface area contributed by atoms with Crippen molar-refractivity contribution in [3.63, 3.8) is 0 Å². The van der Waals surface area contributed by atoms with Crippen LogP contribution in [0.2, 0.25) is 5.02 Å². The molecule has 0 bridgehead atoms. The number of amides is 1. The summed E-state index contributed by atoms with van der Waals surface area (Å²) in [7, 11) is 0. The van der Waals surface area contributed by atoms with Gasteiger partial charge in [-0.3, -0.25) is 4.79 Å². The Balaban J connectivity index is 1.80. The van der Waals surface area contributed by atoms with Gasteiger partial charge in [0.05, 0.1) is 11.2 Å². The summed E-state index contributed by atoms with van der Waals surface area (Å²) >= 11 is 5.82. The zero-order valence-electron chi connectivity index (χ0n) is 16.7. The molecule has 1 heterocycles. The number of halogens is 2. The Labute approximate surface area is 182 Å². The third kappa shape index (κ3) is 4.76. The normalized spacial score (nSPS) is 14.0. The number of rotatable bonds is 7. The van der Waals surface area contributed by atoms with Gasteiger partial charge in [0.25, 0.3) is 5.89 Å². The van der Waals surface area contributed by atoms with Crippen molar-refractivity contribution < 1.29 is 28.6 Å². The van der Waals surface area contributed by atoms with Crippen molar-refractivity contribution in [2.45, 2.75) is 31.9 Å². The van der Waals surface area contributed by atoms with E-state index in [4.69, 9.17) is 16.0 Å². The molecule has 0 fully saturated rings. The lowest BCUT2D eigenvalue weighted by molar-refractivity contribution is -0.161. The highest BCUT2D eigenvalue weighted by Gasteiger charge is 2.40. The SMILES string of the molecule is Cc1cnc(C(=O)NC(C)CC(O)(C(=O)O)c2ccc(-c3cccc(Cl)c3F)cc2)o1. The van der Waals surface area contributed by atoms with E-state index in [2.05, 4.69) is 10.3 Å². The molecule has 9 heteroatoms. The molecular weight excluding hydrogens is 427 g/mol. The summed E-state index contributed by atoms with van der Waals surface area (Å²) in [4.78, 5) is 27.9. The molecule has 0 aliphatic rings. The second-order valence-electron chi connectivity index (χ2n) is 7.20. The molecule has 1 aromatic heterocycles. The maximum Gasteiger partial charge on any atom is 0.340 e. The highest BCUT2D eigenvalue weighted by atomic mass is 35.5. The Kier molecular flexibility index (Phi) is 6.42. The number of benzene rings is 2. The van der Waals surface area contributed by atoms with Gasteiger partial charge >= 0.3 is 11.9 Å². The first-order valence-corrected chi connectivity index (χ1v) is 9.73. The van der Waals surface area contributed by atoms with Crippen molar-refractivity contribution in [3.8, 4) is 11.1 Å². The maximum absolute atomic E-state index is 14.3. The van der Waals surface area contributed by atoms with E-state index in [-0.39, 0.29) is 28.5 Å². The Morgan fingerprint density at radius 3 is 2.52 bits per heavy atom. The number of aryl methyl sites for hydroxylation is 1. The molecule has 1 amide bonds. The molecule has 162 valence electrons. The van der Waals surface area contributed by atoms with Crippen molar-refractivity contribution in [1.82, 2.24) is 10.3 Å². The molecule has 0 aliphatic heterocycles. The van der Waals surface area contributed by atoms with Crippen LogP contribution < -0.4 is 5.32 Å². The van der Waals surface area contributed by atoms with Gasteiger partial charge in [0, 0.05) is 18.0 Å². The van der Waals surface area contributed by atoms with Crippen LogP contribution in [0.4, 0.5) is 4.39 Å². The fraction of sp³-hybridized carbons (Fsp3) is 0.227. The van der Waals surface area contributed by atoms with E-state index in [0.29, 0.717) is 11.3 Å². The van der Waals surface area contributed by atoms with Crippen LogP contribution in [0.25, 0.3) is 11.1 Å². The number of hydrogen-bond acceptors (Lipinski definition) is 5. The monoisotopic (exact) mass is 446 g/mol. The van der Waals surface area contributed by atoms with Gasteiger partial charge in [0.1, 0.15) is 11.6 Å². The molecule has 3 rings (SSSR count). The first kappa shape index (κ1) is 22.5. The zero-order valence-corrected chi connectivity index (χ0v) is 17.5. The highest BCUT2D eigenvalue weighted by molar-refractivity contribution is 6.31. The zero-order chi connectivity index (χ0) is 22.8. The molecule has 0 spiro atoms. The average Bonchev–Trinajstić information content (AvgIpc) is 3.16. The number of aromatic nitrogens is 1. The predicted octanol–water partition coefficient (Wildman–Crippen LogP) is 3.92. The molecule has 31 heavy (non-hydrogen) atoms. The van der Waals surface area contributed by atoms with Gasteiger partial charge in [-0.25, -0.2) is 14.2 Å². The number of carboxylic acids is 1. The number of carbonyl (C=O) groups is 2. The second kappa shape index (κ2) is 8.87. The molecule has 2 atom stereocenters. The van der Waals surface area contributed by atoms with Gasteiger partial charge < -0.3 is 19.9 Å². The second-order valence-corrected chi connectivity index (χ2v) is 7.61. The van der Waals surface area contributed by atoms with Gasteiger partial charge in [0.15, 0.2) is 5.60 Å². The van der Waals surface area contributed by atoms with Crippen LogP contribution in [-0.4, -0.2) is 33.1 Å². The Morgan fingerprint density at radius 2 is 1.94 bits per heavy atom. The molecule has 0 radical (unpaired) electrons. The fourth-order valence-corrected chi connectivity index (χ4v) is 3.39. The third-order valence-corrected chi connectivity index (χ3v) is 5.07. The van der Waals surface area contributed by atoms with Crippen molar-refractivity contribution >= 4 is 23.5 Å². The number of carbonyl (C=O) groups excluding carboxylic acids is 1. The largest absolute Gasteiger partial charge is 0.479 e. The predicted molar refractivity (Wildman–Crippen MR) is 111 cm³/mol.